The third-order valence-electron chi connectivity index (χ3n) is 3.33. The Kier molecular flexibility index (Phi) is 4.74. The topological polar surface area (TPSA) is 63.9 Å². The van der Waals surface area contributed by atoms with E-state index in [4.69, 9.17) is 14.7 Å². The van der Waals surface area contributed by atoms with Crippen molar-refractivity contribution >= 4 is 5.71 Å². The van der Waals surface area contributed by atoms with Crippen LogP contribution in [0, 0.1) is 6.92 Å². The Morgan fingerprint density at radius 3 is 2.74 bits per heavy atom. The average Bonchev–Trinajstić information content (AvgIpc) is 2.45. The number of aromatic nitrogens is 1. The van der Waals surface area contributed by atoms with Crippen LogP contribution in [0.2, 0.25) is 0 Å². The first-order valence-corrected chi connectivity index (χ1v) is 6.54. The van der Waals surface area contributed by atoms with Crippen LogP contribution >= 0.6 is 0 Å². The molecule has 1 heterocycles. The first-order valence-electron chi connectivity index (χ1n) is 6.54. The van der Waals surface area contributed by atoms with Gasteiger partial charge >= 0.3 is 0 Å². The van der Waals surface area contributed by atoms with Gasteiger partial charge in [0.1, 0.15) is 5.75 Å². The van der Waals surface area contributed by atoms with Crippen LogP contribution in [0.5, 0.6) is 5.75 Å². The molecule has 0 radical (unpaired) electrons. The van der Waals surface area contributed by atoms with Crippen molar-refractivity contribution in [2.45, 2.75) is 45.3 Å². The summed E-state index contributed by atoms with van der Waals surface area (Å²) in [4.78, 5) is 4.43. The number of oxime groups is 1. The van der Waals surface area contributed by atoms with Crippen LogP contribution in [0.4, 0.5) is 0 Å². The third kappa shape index (κ3) is 3.92. The quantitative estimate of drug-likeness (QED) is 0.670. The van der Waals surface area contributed by atoms with Crippen molar-refractivity contribution < 1.29 is 14.7 Å². The molecule has 19 heavy (non-hydrogen) atoms. The molecule has 0 saturated heterocycles. The average molecular weight is 264 g/mol. The summed E-state index contributed by atoms with van der Waals surface area (Å²) in [7, 11) is 1.65. The molecule has 1 aromatic rings. The molecule has 0 bridgehead atoms. The van der Waals surface area contributed by atoms with Gasteiger partial charge in [-0.2, -0.15) is 0 Å². The number of nitrogens with zero attached hydrogens (tertiary/aromatic N) is 2. The molecule has 1 N–H and O–H groups in total. The lowest BCUT2D eigenvalue weighted by molar-refractivity contribution is 0.0258. The normalized spacial score (nSPS) is 19.3. The van der Waals surface area contributed by atoms with Gasteiger partial charge in [-0.25, -0.2) is 0 Å². The largest absolute Gasteiger partial charge is 0.497 e. The summed E-state index contributed by atoms with van der Waals surface area (Å²) in [6.45, 7) is 2.44. The van der Waals surface area contributed by atoms with E-state index in [1.165, 1.54) is 0 Å². The minimum absolute atomic E-state index is 0.221. The molecule has 5 heteroatoms. The molecule has 104 valence electrons. The monoisotopic (exact) mass is 264 g/mol. The number of rotatable bonds is 4. The molecule has 2 rings (SSSR count). The Morgan fingerprint density at radius 2 is 2.11 bits per heavy atom. The number of hydrogen-bond acceptors (Lipinski definition) is 5. The number of ether oxygens (including phenoxy) is 2. The van der Waals surface area contributed by atoms with E-state index in [0.29, 0.717) is 6.61 Å². The predicted octanol–water partition coefficient (Wildman–Crippen LogP) is 2.69. The zero-order valence-electron chi connectivity index (χ0n) is 11.4. The minimum Gasteiger partial charge on any atom is -0.497 e. The van der Waals surface area contributed by atoms with Gasteiger partial charge < -0.3 is 14.7 Å². The van der Waals surface area contributed by atoms with Crippen LogP contribution in [0.15, 0.2) is 17.3 Å². The van der Waals surface area contributed by atoms with Crippen molar-refractivity contribution in [2.24, 2.45) is 5.16 Å². The van der Waals surface area contributed by atoms with E-state index in [0.717, 1.165) is 48.5 Å². The molecule has 5 nitrogen and oxygen atoms in total. The van der Waals surface area contributed by atoms with Crippen LogP contribution in [-0.2, 0) is 11.3 Å². The Labute approximate surface area is 113 Å². The van der Waals surface area contributed by atoms with Crippen LogP contribution in [-0.4, -0.2) is 29.1 Å². The molecule has 1 fully saturated rings. The van der Waals surface area contributed by atoms with Crippen LogP contribution in [0.25, 0.3) is 0 Å². The van der Waals surface area contributed by atoms with Crippen LogP contribution in [0.1, 0.15) is 37.1 Å². The summed E-state index contributed by atoms with van der Waals surface area (Å²) in [6, 6.07) is 3.80. The first-order chi connectivity index (χ1) is 9.21. The maximum Gasteiger partial charge on any atom is 0.122 e. The highest BCUT2D eigenvalue weighted by Gasteiger charge is 2.18. The highest BCUT2D eigenvalue weighted by atomic mass is 16.5. The smallest absolute Gasteiger partial charge is 0.122 e. The summed E-state index contributed by atoms with van der Waals surface area (Å²) < 4.78 is 11.1. The zero-order chi connectivity index (χ0) is 13.7. The summed E-state index contributed by atoms with van der Waals surface area (Å²) in [5.74, 6) is 0.810. The zero-order valence-corrected chi connectivity index (χ0v) is 11.4. The van der Waals surface area contributed by atoms with Gasteiger partial charge in [0.2, 0.25) is 0 Å². The Hall–Kier alpha value is -1.62. The second-order valence-corrected chi connectivity index (χ2v) is 4.82. The van der Waals surface area contributed by atoms with E-state index in [2.05, 4.69) is 10.1 Å². The molecule has 0 aromatic carbocycles. The third-order valence-corrected chi connectivity index (χ3v) is 3.33. The molecule has 1 aliphatic carbocycles. The maximum absolute atomic E-state index is 8.70. The lowest BCUT2D eigenvalue weighted by Crippen LogP contribution is -2.21. The Morgan fingerprint density at radius 1 is 1.37 bits per heavy atom. The van der Waals surface area contributed by atoms with E-state index >= 15 is 0 Å². The molecule has 0 spiro atoms. The Balaban J connectivity index is 1.87. The fourth-order valence-corrected chi connectivity index (χ4v) is 2.29. The van der Waals surface area contributed by atoms with E-state index < -0.39 is 0 Å². The fourth-order valence-electron chi connectivity index (χ4n) is 2.29. The van der Waals surface area contributed by atoms with Crippen LogP contribution < -0.4 is 4.74 Å². The van der Waals surface area contributed by atoms with Gasteiger partial charge in [0.15, 0.2) is 0 Å². The van der Waals surface area contributed by atoms with Crippen molar-refractivity contribution in [1.82, 2.24) is 4.98 Å². The molecule has 0 amide bonds. The molecule has 1 aromatic heterocycles. The molecule has 1 saturated carbocycles. The minimum atomic E-state index is 0.221. The summed E-state index contributed by atoms with van der Waals surface area (Å²) in [6.07, 6.45) is 3.65. The van der Waals surface area contributed by atoms with E-state index in [9.17, 15) is 0 Å². The van der Waals surface area contributed by atoms with Gasteiger partial charge in [0.25, 0.3) is 0 Å². The molecule has 1 aliphatic rings. The number of pyridine rings is 1. The lowest BCUT2D eigenvalue weighted by atomic mass is 9.96. The SMILES string of the molecule is COc1cc(C)nc(COC2CCC(=NO)CC2)c1. The fraction of sp³-hybridized carbons (Fsp3) is 0.571. The summed E-state index contributed by atoms with van der Waals surface area (Å²) in [5, 5.41) is 12.0. The van der Waals surface area contributed by atoms with E-state index in [-0.39, 0.29) is 6.10 Å². The van der Waals surface area contributed by atoms with Crippen LogP contribution in [0.3, 0.4) is 0 Å². The second kappa shape index (κ2) is 6.52. The second-order valence-electron chi connectivity index (χ2n) is 4.82. The number of methoxy groups -OCH3 is 1. The maximum atomic E-state index is 8.70. The molecule has 0 aliphatic heterocycles. The number of aryl methyl sites for hydroxylation is 1. The number of hydrogen-bond donors (Lipinski definition) is 1. The highest BCUT2D eigenvalue weighted by Crippen LogP contribution is 2.21. The summed E-state index contributed by atoms with van der Waals surface area (Å²) >= 11 is 0. The highest BCUT2D eigenvalue weighted by molar-refractivity contribution is 5.84. The van der Waals surface area contributed by atoms with Gasteiger partial charge in [-0.3, -0.25) is 4.98 Å². The van der Waals surface area contributed by atoms with E-state index in [1.54, 1.807) is 7.11 Å². The predicted molar refractivity (Wildman–Crippen MR) is 71.8 cm³/mol. The van der Waals surface area contributed by atoms with Gasteiger partial charge in [0.05, 0.1) is 31.2 Å². The standard InChI is InChI=1S/C14H20N2O3/c1-10-7-14(18-2)8-12(15-10)9-19-13-5-3-11(16-17)4-6-13/h7-8,13,17H,3-6,9H2,1-2H3. The molecular weight excluding hydrogens is 244 g/mol. The van der Waals surface area contributed by atoms with Crippen molar-refractivity contribution in [3.63, 3.8) is 0 Å². The van der Waals surface area contributed by atoms with Gasteiger partial charge in [-0.15, -0.1) is 0 Å². The summed E-state index contributed by atoms with van der Waals surface area (Å²) in [5.41, 5.74) is 2.69. The van der Waals surface area contributed by atoms with E-state index in [1.807, 2.05) is 19.1 Å². The van der Waals surface area contributed by atoms with Crippen molar-refractivity contribution in [3.05, 3.63) is 23.5 Å². The van der Waals surface area contributed by atoms with Crippen molar-refractivity contribution in [3.8, 4) is 5.75 Å². The molecule has 0 atom stereocenters. The van der Waals surface area contributed by atoms with Gasteiger partial charge in [-0.05, 0) is 32.6 Å². The lowest BCUT2D eigenvalue weighted by Gasteiger charge is -2.22. The van der Waals surface area contributed by atoms with Gasteiger partial charge in [0, 0.05) is 17.8 Å². The van der Waals surface area contributed by atoms with Crippen molar-refractivity contribution in [2.75, 3.05) is 7.11 Å². The van der Waals surface area contributed by atoms with Crippen molar-refractivity contribution in [1.29, 1.82) is 0 Å². The Bertz CT molecular complexity index is 450. The first kappa shape index (κ1) is 13.8. The van der Waals surface area contributed by atoms with Gasteiger partial charge in [-0.1, -0.05) is 5.16 Å². The molecule has 0 unspecified atom stereocenters. The molecular formula is C14H20N2O3.